The van der Waals surface area contributed by atoms with Crippen LogP contribution in [0.1, 0.15) is 118 Å². The summed E-state index contributed by atoms with van der Waals surface area (Å²) in [5, 5.41) is 30.0. The van der Waals surface area contributed by atoms with Crippen LogP contribution in [-0.2, 0) is 19.2 Å². The van der Waals surface area contributed by atoms with Crippen molar-refractivity contribution in [3.05, 3.63) is 4.91 Å². The Hall–Kier alpha value is -1.90. The van der Waals surface area contributed by atoms with Gasteiger partial charge in [0.1, 0.15) is 17.0 Å². The quantitative estimate of drug-likeness (QED) is 0.0928. The van der Waals surface area contributed by atoms with Gasteiger partial charge in [-0.3, -0.25) is 14.4 Å². The fourth-order valence-corrected chi connectivity index (χ4v) is 13.0. The minimum absolute atomic E-state index is 0.00274. The standard InChI is InChI=1S/C43H76N6O7/c1-25-35-20-31(43(35,3)4)21-36(25)46-42(53)39-38(26(2)51)37(24-50)56-48(39)22-28-14-11-15-34(40(28)55-7)29-17-30(19-33(18-29)49(44)54)41(52)45-32(23-47(5)6)16-27-12-9-8-10-13-27/h25-40,50-51H,8-24H2,1-7H3,(H3-,44,45,46,52,53,54)/p+1/t25-,26-,28?,29?,30?,31+,32-,33?,34?,35-,36-,37-,38-,39-,40?/m0/s1. The molecule has 7 fully saturated rings. The van der Waals surface area contributed by atoms with E-state index in [2.05, 4.69) is 50.4 Å². The molecule has 2 amide bonds. The summed E-state index contributed by atoms with van der Waals surface area (Å²) in [5.41, 5.74) is 0.293. The minimum atomic E-state index is -0.866. The van der Waals surface area contributed by atoms with Crippen LogP contribution in [-0.4, -0.2) is 120 Å². The normalized spacial score (nSPS) is 40.1. The van der Waals surface area contributed by atoms with Gasteiger partial charge >= 0.3 is 0 Å². The van der Waals surface area contributed by atoms with Crippen LogP contribution in [0.5, 0.6) is 0 Å². The van der Waals surface area contributed by atoms with Crippen LogP contribution in [0.4, 0.5) is 0 Å². The number of hydroxylamine groups is 2. The number of nitrogens with zero attached hydrogens (tertiary/aromatic N) is 3. The van der Waals surface area contributed by atoms with Gasteiger partial charge < -0.3 is 30.5 Å². The monoisotopic (exact) mass is 790 g/mol. The number of carbonyl (C=O) groups is 2. The van der Waals surface area contributed by atoms with E-state index in [9.17, 15) is 24.7 Å². The highest BCUT2D eigenvalue weighted by Crippen LogP contribution is 2.61. The lowest BCUT2D eigenvalue weighted by atomic mass is 9.45. The zero-order valence-electron chi connectivity index (χ0n) is 35.6. The van der Waals surface area contributed by atoms with Gasteiger partial charge in [0.25, 0.3) is 0 Å². The molecular formula is C43H77N6O7+. The Morgan fingerprint density at radius 2 is 1.77 bits per heavy atom. The Kier molecular flexibility index (Phi) is 14.5. The number of rotatable bonds is 15. The molecule has 0 aromatic carbocycles. The maximum Gasteiger partial charge on any atom is 0.240 e. The summed E-state index contributed by atoms with van der Waals surface area (Å²) in [6.45, 7) is 9.52. The molecule has 1 heterocycles. The number of amides is 2. The van der Waals surface area contributed by atoms with E-state index in [1.807, 2.05) is 0 Å². The molecule has 1 aliphatic heterocycles. The van der Waals surface area contributed by atoms with Crippen LogP contribution < -0.4 is 16.5 Å². The van der Waals surface area contributed by atoms with Crippen molar-refractivity contribution >= 4 is 11.8 Å². The van der Waals surface area contributed by atoms with Crippen LogP contribution >= 0.6 is 0 Å². The van der Waals surface area contributed by atoms with Gasteiger partial charge in [0.2, 0.25) is 17.9 Å². The van der Waals surface area contributed by atoms with Crippen LogP contribution in [0.3, 0.4) is 0 Å². The third-order valence-corrected chi connectivity index (χ3v) is 16.1. The van der Waals surface area contributed by atoms with Gasteiger partial charge in [-0.25, -0.2) is 0 Å². The van der Waals surface area contributed by atoms with Gasteiger partial charge in [-0.05, 0) is 100 Å². The molecule has 13 heteroatoms. The molecule has 6 aliphatic carbocycles. The molecule has 0 spiro atoms. The van der Waals surface area contributed by atoms with Crippen molar-refractivity contribution in [1.29, 1.82) is 0 Å². The lowest BCUT2D eigenvalue weighted by Crippen LogP contribution is -2.62. The van der Waals surface area contributed by atoms with Crippen molar-refractivity contribution in [1.82, 2.24) is 20.6 Å². The molecular weight excluding hydrogens is 713 g/mol. The van der Waals surface area contributed by atoms with Crippen LogP contribution in [0.2, 0.25) is 0 Å². The lowest BCUT2D eigenvalue weighted by molar-refractivity contribution is -0.603. The number of hydrogen-bond donors (Lipinski definition) is 5. The summed E-state index contributed by atoms with van der Waals surface area (Å²) in [7, 11) is 5.84. The lowest BCUT2D eigenvalue weighted by Gasteiger charge is -2.62. The fourth-order valence-electron chi connectivity index (χ4n) is 13.0. The second-order valence-corrected chi connectivity index (χ2v) is 20.2. The summed E-state index contributed by atoms with van der Waals surface area (Å²) < 4.78 is 6.35. The van der Waals surface area contributed by atoms with E-state index in [1.165, 1.54) is 38.5 Å². The minimum Gasteiger partial charge on any atom is -0.394 e. The molecule has 15 atom stereocenters. The Bertz CT molecular complexity index is 1340. The summed E-state index contributed by atoms with van der Waals surface area (Å²) >= 11 is 0. The molecule has 0 radical (unpaired) electrons. The molecule has 0 aromatic heterocycles. The van der Waals surface area contributed by atoms with Crippen molar-refractivity contribution in [2.24, 2.45) is 64.5 Å². The van der Waals surface area contributed by atoms with Crippen molar-refractivity contribution in [2.75, 3.05) is 40.9 Å². The SMILES string of the molecule is COC1C(CN2O[C@@H](CO)[C@H]([C@H](C)O)[C@H]2C(=O)N[C@H]2C[C@H]3C[C@@H]([C@@H]2C)C3(C)C)CCCC1C1CC(C(=O)N[C@@H](CC2CCCCC2)CN(C)C)CC([N+](N)=O)C1. The van der Waals surface area contributed by atoms with Gasteiger partial charge in [-0.1, -0.05) is 59.3 Å². The zero-order chi connectivity index (χ0) is 40.5. The molecule has 2 bridgehead atoms. The molecule has 1 saturated heterocycles. The Morgan fingerprint density at radius 1 is 1.04 bits per heavy atom. The van der Waals surface area contributed by atoms with E-state index >= 15 is 0 Å². The maximum atomic E-state index is 14.3. The number of nitrogens with one attached hydrogen (secondary N) is 2. The largest absolute Gasteiger partial charge is 0.394 e. The molecule has 0 aromatic rings. The number of aliphatic hydroxyl groups excluding tert-OH is 2. The van der Waals surface area contributed by atoms with Crippen LogP contribution in [0, 0.1) is 63.6 Å². The average molecular weight is 790 g/mol. The summed E-state index contributed by atoms with van der Waals surface area (Å²) in [4.78, 5) is 50.3. The van der Waals surface area contributed by atoms with Crippen LogP contribution in [0.15, 0.2) is 0 Å². The number of hydrazine groups is 1. The first-order valence-corrected chi connectivity index (χ1v) is 22.3. The molecule has 6 saturated carbocycles. The van der Waals surface area contributed by atoms with E-state index < -0.39 is 30.2 Å². The van der Waals surface area contributed by atoms with Crippen molar-refractivity contribution in [3.63, 3.8) is 0 Å². The first-order valence-electron chi connectivity index (χ1n) is 22.3. The summed E-state index contributed by atoms with van der Waals surface area (Å²) in [6.07, 6.45) is 12.1. The molecule has 13 nitrogen and oxygen atoms in total. The smallest absolute Gasteiger partial charge is 0.240 e. The summed E-state index contributed by atoms with van der Waals surface area (Å²) in [5.74, 6) is 7.17. The number of ether oxygens (including phenoxy) is 1. The number of nitroso groups, excluding NO2 is 1. The molecule has 320 valence electrons. The van der Waals surface area contributed by atoms with Crippen molar-refractivity contribution < 1.29 is 34.2 Å². The molecule has 6 unspecified atom stereocenters. The third kappa shape index (κ3) is 9.43. The fraction of sp³-hybridized carbons (Fsp3) is 0.953. The zero-order valence-corrected chi connectivity index (χ0v) is 35.6. The Morgan fingerprint density at radius 3 is 2.38 bits per heavy atom. The van der Waals surface area contributed by atoms with Gasteiger partial charge in [0.05, 0.1) is 23.7 Å². The van der Waals surface area contributed by atoms with E-state index in [0.717, 1.165) is 38.6 Å². The molecule has 7 rings (SSSR count). The molecule has 56 heavy (non-hydrogen) atoms. The van der Waals surface area contributed by atoms with Gasteiger partial charge in [-0.2, -0.15) is 10.9 Å². The second-order valence-electron chi connectivity index (χ2n) is 20.2. The van der Waals surface area contributed by atoms with Crippen molar-refractivity contribution in [3.8, 4) is 0 Å². The predicted octanol–water partition coefficient (Wildman–Crippen LogP) is 4.03. The molecule has 6 N–H and O–H groups in total. The number of likely N-dealkylation sites (N-methyl/N-ethyl adjacent to an activating group) is 1. The third-order valence-electron chi connectivity index (χ3n) is 16.1. The van der Waals surface area contributed by atoms with Crippen LogP contribution in [0.25, 0.3) is 0 Å². The molecule has 7 aliphatic rings. The number of aliphatic hydroxyl groups is 2. The first-order chi connectivity index (χ1) is 26.6. The van der Waals surface area contributed by atoms with E-state index in [0.29, 0.717) is 59.8 Å². The first kappa shape index (κ1) is 43.7. The Labute approximate surface area is 336 Å². The number of carbonyl (C=O) groups excluding carboxylic acids is 2. The predicted molar refractivity (Wildman–Crippen MR) is 214 cm³/mol. The highest BCUT2D eigenvalue weighted by Gasteiger charge is 2.58. The van der Waals surface area contributed by atoms with E-state index in [4.69, 9.17) is 15.4 Å². The number of fused-ring (bicyclic) bond motifs is 2. The van der Waals surface area contributed by atoms with Gasteiger partial charge in [0.15, 0.2) is 0 Å². The van der Waals surface area contributed by atoms with Crippen molar-refractivity contribution in [2.45, 2.75) is 160 Å². The van der Waals surface area contributed by atoms with Gasteiger partial charge in [0, 0.05) is 62.9 Å². The topological polar surface area (TPSA) is 170 Å². The summed E-state index contributed by atoms with van der Waals surface area (Å²) in [6, 6.07) is -1.10. The second kappa shape index (κ2) is 18.6. The highest BCUT2D eigenvalue weighted by atomic mass is 16.7. The Balaban J connectivity index is 1.16. The average Bonchev–Trinajstić information content (AvgIpc) is 3.53. The van der Waals surface area contributed by atoms with E-state index in [-0.39, 0.29) is 60.3 Å². The number of nitrogens with two attached hydrogens (primary N) is 1. The maximum absolute atomic E-state index is 14.3. The number of methoxy groups -OCH3 is 1. The van der Waals surface area contributed by atoms with E-state index in [1.54, 1.807) is 19.1 Å². The van der Waals surface area contributed by atoms with Gasteiger partial charge in [-0.15, -0.1) is 0 Å². The highest BCUT2D eigenvalue weighted by molar-refractivity contribution is 5.83. The number of hydrogen-bond acceptors (Lipinski definition) is 9.